The van der Waals surface area contributed by atoms with Gasteiger partial charge in [-0.3, -0.25) is 9.97 Å². The van der Waals surface area contributed by atoms with E-state index in [2.05, 4.69) is 34.2 Å². The first-order valence-corrected chi connectivity index (χ1v) is 10.0. The van der Waals surface area contributed by atoms with Crippen LogP contribution >= 0.6 is 23.2 Å². The largest absolute Gasteiger partial charge is 0.253 e. The van der Waals surface area contributed by atoms with Gasteiger partial charge in [0.1, 0.15) is 0 Å². The lowest BCUT2D eigenvalue weighted by atomic mass is 10.1. The van der Waals surface area contributed by atoms with Crippen molar-refractivity contribution in [3.8, 4) is 0 Å². The van der Waals surface area contributed by atoms with Gasteiger partial charge in [0.05, 0.1) is 11.0 Å². The van der Waals surface area contributed by atoms with Crippen LogP contribution in [0.5, 0.6) is 0 Å². The van der Waals surface area contributed by atoms with Gasteiger partial charge in [0, 0.05) is 46.3 Å². The Morgan fingerprint density at radius 1 is 0.741 bits per heavy atom. The second kappa shape index (κ2) is 9.68. The van der Waals surface area contributed by atoms with Crippen LogP contribution in [0.2, 0.25) is 0 Å². The third kappa shape index (κ3) is 5.66. The highest BCUT2D eigenvalue weighted by molar-refractivity contribution is 6.20. The molecule has 0 aliphatic carbocycles. The molecule has 0 saturated heterocycles. The smallest absolute Gasteiger partial charge is 0.0705 e. The van der Waals surface area contributed by atoms with Gasteiger partial charge >= 0.3 is 0 Å². The second-order valence-corrected chi connectivity index (χ2v) is 7.54. The Labute approximate surface area is 170 Å². The molecule has 2 aromatic carbocycles. The van der Waals surface area contributed by atoms with E-state index in [1.165, 1.54) is 10.8 Å². The zero-order chi connectivity index (χ0) is 19.1. The maximum atomic E-state index is 5.92. The lowest BCUT2D eigenvalue weighted by molar-refractivity contribution is 0.899. The number of halogens is 2. The minimum absolute atomic E-state index is 0.142. The first kappa shape index (κ1) is 19.6. The minimum atomic E-state index is 0.142. The molecule has 4 aromatic rings. The number of fused-ring (bicyclic) bond motifs is 2. The molecule has 2 nitrogen and oxygen atoms in total. The lowest BCUT2D eigenvalue weighted by Gasteiger charge is -2.03. The molecule has 1 atom stereocenters. The summed E-state index contributed by atoms with van der Waals surface area (Å²) in [6.07, 6.45) is 1.67. The van der Waals surface area contributed by atoms with Gasteiger partial charge in [0.15, 0.2) is 0 Å². The molecule has 0 saturated carbocycles. The SMILES string of the molecule is CC(Cl)Cc1ccc2ccccc2n1.ClCCc1ccc2ccccc2n1. The van der Waals surface area contributed by atoms with Gasteiger partial charge in [-0.15, -0.1) is 23.2 Å². The van der Waals surface area contributed by atoms with Crippen LogP contribution in [0.25, 0.3) is 21.8 Å². The molecule has 0 spiro atoms. The van der Waals surface area contributed by atoms with Gasteiger partial charge in [0.2, 0.25) is 0 Å². The van der Waals surface area contributed by atoms with Crippen LogP contribution in [0.1, 0.15) is 18.3 Å². The van der Waals surface area contributed by atoms with Crippen molar-refractivity contribution in [3.05, 3.63) is 84.2 Å². The number of aromatic nitrogens is 2. The molecule has 0 fully saturated rings. The quantitative estimate of drug-likeness (QED) is 0.371. The molecule has 0 bridgehead atoms. The number of nitrogens with zero attached hydrogens (tertiary/aromatic N) is 2. The number of alkyl halides is 2. The lowest BCUT2D eigenvalue weighted by Crippen LogP contribution is -1.99. The molecule has 4 heteroatoms. The zero-order valence-corrected chi connectivity index (χ0v) is 16.8. The highest BCUT2D eigenvalue weighted by Gasteiger charge is 2.01. The molecule has 2 heterocycles. The predicted molar refractivity (Wildman–Crippen MR) is 117 cm³/mol. The van der Waals surface area contributed by atoms with Gasteiger partial charge in [-0.05, 0) is 31.2 Å². The highest BCUT2D eigenvalue weighted by atomic mass is 35.5. The summed E-state index contributed by atoms with van der Waals surface area (Å²) in [7, 11) is 0. The van der Waals surface area contributed by atoms with Crippen molar-refractivity contribution >= 4 is 45.0 Å². The molecule has 4 rings (SSSR count). The van der Waals surface area contributed by atoms with Crippen molar-refractivity contribution in [1.29, 1.82) is 0 Å². The first-order valence-electron chi connectivity index (χ1n) is 9.05. The van der Waals surface area contributed by atoms with E-state index in [1.54, 1.807) is 0 Å². The van der Waals surface area contributed by atoms with Crippen LogP contribution in [0.4, 0.5) is 0 Å². The monoisotopic (exact) mass is 396 g/mol. The maximum Gasteiger partial charge on any atom is 0.0705 e. The van der Waals surface area contributed by atoms with Gasteiger partial charge in [-0.2, -0.15) is 0 Å². The predicted octanol–water partition coefficient (Wildman–Crippen LogP) is 6.42. The van der Waals surface area contributed by atoms with Gasteiger partial charge in [0.25, 0.3) is 0 Å². The van der Waals surface area contributed by atoms with E-state index < -0.39 is 0 Å². The third-order valence-corrected chi connectivity index (χ3v) is 4.50. The van der Waals surface area contributed by atoms with Crippen molar-refractivity contribution < 1.29 is 0 Å². The fraction of sp³-hybridized carbons (Fsp3) is 0.217. The summed E-state index contributed by atoms with van der Waals surface area (Å²) in [5.74, 6) is 0.630. The van der Waals surface area contributed by atoms with E-state index in [0.717, 1.165) is 35.3 Å². The second-order valence-electron chi connectivity index (χ2n) is 6.41. The Balaban J connectivity index is 0.000000156. The van der Waals surface area contributed by atoms with E-state index in [0.29, 0.717) is 5.88 Å². The van der Waals surface area contributed by atoms with Crippen molar-refractivity contribution in [2.24, 2.45) is 0 Å². The van der Waals surface area contributed by atoms with Gasteiger partial charge < -0.3 is 0 Å². The minimum Gasteiger partial charge on any atom is -0.253 e. The Kier molecular flexibility index (Phi) is 7.03. The van der Waals surface area contributed by atoms with Gasteiger partial charge in [-0.25, -0.2) is 0 Å². The Morgan fingerprint density at radius 2 is 1.26 bits per heavy atom. The van der Waals surface area contributed by atoms with Crippen LogP contribution in [0.15, 0.2) is 72.8 Å². The average molecular weight is 397 g/mol. The van der Waals surface area contributed by atoms with Crippen molar-refractivity contribution in [2.45, 2.75) is 25.1 Å². The molecule has 0 N–H and O–H groups in total. The molecule has 1 unspecified atom stereocenters. The number of benzene rings is 2. The van der Waals surface area contributed by atoms with E-state index in [1.807, 2.05) is 55.5 Å². The van der Waals surface area contributed by atoms with Crippen LogP contribution < -0.4 is 0 Å². The van der Waals surface area contributed by atoms with Crippen LogP contribution in [-0.2, 0) is 12.8 Å². The number of pyridine rings is 2. The summed E-state index contributed by atoms with van der Waals surface area (Å²) in [5, 5.41) is 2.50. The standard InChI is InChI=1S/C12H12ClN.C11H10ClN/c1-9(13)8-11-7-6-10-4-2-3-5-12(10)14-11;12-8-7-10-6-5-9-3-1-2-4-11(9)13-10/h2-7,9H,8H2,1H3;1-6H,7-8H2. The van der Waals surface area contributed by atoms with Crippen LogP contribution in [-0.4, -0.2) is 21.2 Å². The summed E-state index contributed by atoms with van der Waals surface area (Å²) in [5.41, 5.74) is 4.22. The summed E-state index contributed by atoms with van der Waals surface area (Å²) in [6, 6.07) is 24.5. The molecule has 0 amide bonds. The maximum absolute atomic E-state index is 5.92. The number of rotatable bonds is 4. The molecule has 2 aromatic heterocycles. The summed E-state index contributed by atoms with van der Waals surface area (Å²) in [6.45, 7) is 1.98. The Bertz CT molecular complexity index is 1010. The molecule has 0 aliphatic heterocycles. The molecule has 0 aliphatic rings. The van der Waals surface area contributed by atoms with Gasteiger partial charge in [-0.1, -0.05) is 48.5 Å². The third-order valence-electron chi connectivity index (χ3n) is 4.15. The molecule has 138 valence electrons. The van der Waals surface area contributed by atoms with Crippen molar-refractivity contribution in [2.75, 3.05) is 5.88 Å². The van der Waals surface area contributed by atoms with Crippen LogP contribution in [0.3, 0.4) is 0 Å². The number of hydrogen-bond donors (Lipinski definition) is 0. The summed E-state index contributed by atoms with van der Waals surface area (Å²) < 4.78 is 0. The van der Waals surface area contributed by atoms with E-state index in [4.69, 9.17) is 23.2 Å². The van der Waals surface area contributed by atoms with Crippen molar-refractivity contribution in [3.63, 3.8) is 0 Å². The summed E-state index contributed by atoms with van der Waals surface area (Å²) in [4.78, 5) is 9.01. The molecule has 0 radical (unpaired) electrons. The van der Waals surface area contributed by atoms with Crippen LogP contribution in [0, 0.1) is 0 Å². The summed E-state index contributed by atoms with van der Waals surface area (Å²) >= 11 is 11.6. The van der Waals surface area contributed by atoms with Crippen molar-refractivity contribution in [1.82, 2.24) is 9.97 Å². The Hall–Kier alpha value is -2.16. The fourth-order valence-corrected chi connectivity index (χ4v) is 3.21. The zero-order valence-electron chi connectivity index (χ0n) is 15.3. The fourth-order valence-electron chi connectivity index (χ4n) is 2.85. The van der Waals surface area contributed by atoms with E-state index in [-0.39, 0.29) is 5.38 Å². The van der Waals surface area contributed by atoms with E-state index >= 15 is 0 Å². The number of hydrogen-bond acceptors (Lipinski definition) is 2. The number of aryl methyl sites for hydroxylation is 1. The molecular formula is C23H22Cl2N2. The average Bonchev–Trinajstić information content (AvgIpc) is 2.68. The number of para-hydroxylation sites is 2. The molecule has 27 heavy (non-hydrogen) atoms. The Morgan fingerprint density at radius 3 is 1.81 bits per heavy atom. The first-order chi connectivity index (χ1) is 13.2. The topological polar surface area (TPSA) is 25.8 Å². The highest BCUT2D eigenvalue weighted by Crippen LogP contribution is 2.14. The normalized spacial score (nSPS) is 11.8. The molecular weight excluding hydrogens is 375 g/mol. The van der Waals surface area contributed by atoms with E-state index in [9.17, 15) is 0 Å².